The number of nitrogens with zero attached hydrogens (tertiary/aromatic N) is 1. The summed E-state index contributed by atoms with van der Waals surface area (Å²) < 4.78 is 13.1. The van der Waals surface area contributed by atoms with Gasteiger partial charge >= 0.3 is 0 Å². The minimum absolute atomic E-state index is 0.127. The number of rotatable bonds is 5. The van der Waals surface area contributed by atoms with Crippen LogP contribution >= 0.6 is 0 Å². The number of hydrogen-bond donors (Lipinski definition) is 1. The standard InChI is InChI=1S/C19H27FN2/c20-16-6-4-15(5-7-16)18-2-1-3-19(18)21-12-14-10-11-22(13-14)17-8-9-17/h4-7,14,17-19,21H,1-3,8-13H2/t14-,18-,19+/m0/s1. The summed E-state index contributed by atoms with van der Waals surface area (Å²) in [6.07, 6.45) is 8.00. The van der Waals surface area contributed by atoms with E-state index < -0.39 is 0 Å². The minimum Gasteiger partial charge on any atom is -0.313 e. The van der Waals surface area contributed by atoms with Crippen LogP contribution in [-0.4, -0.2) is 36.6 Å². The fourth-order valence-electron chi connectivity index (χ4n) is 4.43. The molecule has 3 atom stereocenters. The van der Waals surface area contributed by atoms with E-state index in [2.05, 4.69) is 10.2 Å². The molecule has 3 fully saturated rings. The minimum atomic E-state index is -0.127. The molecule has 3 aliphatic rings. The van der Waals surface area contributed by atoms with E-state index in [0.29, 0.717) is 12.0 Å². The van der Waals surface area contributed by atoms with E-state index in [1.54, 1.807) is 12.1 Å². The van der Waals surface area contributed by atoms with Gasteiger partial charge in [0, 0.05) is 18.6 Å². The van der Waals surface area contributed by atoms with E-state index in [4.69, 9.17) is 0 Å². The maximum atomic E-state index is 13.1. The van der Waals surface area contributed by atoms with Crippen molar-refractivity contribution >= 4 is 0 Å². The molecule has 1 N–H and O–H groups in total. The van der Waals surface area contributed by atoms with Gasteiger partial charge in [-0.1, -0.05) is 18.6 Å². The zero-order chi connectivity index (χ0) is 14.9. The summed E-state index contributed by atoms with van der Waals surface area (Å²) in [5.41, 5.74) is 1.31. The lowest BCUT2D eigenvalue weighted by atomic mass is 9.93. The number of benzene rings is 1. The van der Waals surface area contributed by atoms with E-state index in [1.165, 1.54) is 57.2 Å². The Morgan fingerprint density at radius 1 is 1.05 bits per heavy atom. The Kier molecular flexibility index (Phi) is 4.19. The van der Waals surface area contributed by atoms with Gasteiger partial charge in [-0.2, -0.15) is 0 Å². The number of halogens is 1. The summed E-state index contributed by atoms with van der Waals surface area (Å²) >= 11 is 0. The lowest BCUT2D eigenvalue weighted by molar-refractivity contribution is 0.308. The highest BCUT2D eigenvalue weighted by Crippen LogP contribution is 2.35. The molecule has 0 aromatic heterocycles. The highest BCUT2D eigenvalue weighted by molar-refractivity contribution is 5.23. The van der Waals surface area contributed by atoms with E-state index in [-0.39, 0.29) is 5.82 Å². The first-order valence-electron chi connectivity index (χ1n) is 9.02. The smallest absolute Gasteiger partial charge is 0.123 e. The van der Waals surface area contributed by atoms with Crippen molar-refractivity contribution in [3.63, 3.8) is 0 Å². The molecule has 2 saturated carbocycles. The molecule has 120 valence electrons. The van der Waals surface area contributed by atoms with E-state index in [9.17, 15) is 4.39 Å². The molecule has 1 aliphatic heterocycles. The van der Waals surface area contributed by atoms with Crippen molar-refractivity contribution in [3.8, 4) is 0 Å². The van der Waals surface area contributed by atoms with Crippen molar-refractivity contribution in [2.24, 2.45) is 5.92 Å². The van der Waals surface area contributed by atoms with Gasteiger partial charge in [0.2, 0.25) is 0 Å². The Hall–Kier alpha value is -0.930. The van der Waals surface area contributed by atoms with Gasteiger partial charge in [0.1, 0.15) is 5.82 Å². The van der Waals surface area contributed by atoms with E-state index in [1.807, 2.05) is 12.1 Å². The molecule has 3 heteroatoms. The summed E-state index contributed by atoms with van der Waals surface area (Å²) in [6.45, 7) is 3.76. The number of hydrogen-bond acceptors (Lipinski definition) is 2. The molecule has 0 spiro atoms. The SMILES string of the molecule is Fc1ccc([C@@H]2CCC[C@H]2NC[C@@H]2CCN(C3CC3)C2)cc1. The van der Waals surface area contributed by atoms with Gasteiger partial charge in [-0.05, 0) is 74.7 Å². The second-order valence-electron chi connectivity index (χ2n) is 7.48. The average Bonchev–Trinajstić information content (AvgIpc) is 3.10. The highest BCUT2D eigenvalue weighted by Gasteiger charge is 2.35. The molecule has 0 bridgehead atoms. The first kappa shape index (κ1) is 14.6. The Morgan fingerprint density at radius 2 is 1.86 bits per heavy atom. The van der Waals surface area contributed by atoms with Crippen molar-refractivity contribution in [1.29, 1.82) is 0 Å². The van der Waals surface area contributed by atoms with Gasteiger partial charge in [0.25, 0.3) is 0 Å². The number of likely N-dealkylation sites (tertiary alicyclic amines) is 1. The summed E-state index contributed by atoms with van der Waals surface area (Å²) in [5, 5.41) is 3.85. The van der Waals surface area contributed by atoms with E-state index >= 15 is 0 Å². The van der Waals surface area contributed by atoms with Crippen LogP contribution in [0.3, 0.4) is 0 Å². The van der Waals surface area contributed by atoms with Crippen LogP contribution in [0.5, 0.6) is 0 Å². The van der Waals surface area contributed by atoms with Gasteiger partial charge < -0.3 is 10.2 Å². The molecule has 1 saturated heterocycles. The van der Waals surface area contributed by atoms with Crippen molar-refractivity contribution in [2.75, 3.05) is 19.6 Å². The van der Waals surface area contributed by atoms with Gasteiger partial charge in [0.15, 0.2) is 0 Å². The molecule has 1 aromatic rings. The van der Waals surface area contributed by atoms with Crippen molar-refractivity contribution in [2.45, 2.75) is 56.5 Å². The third-order valence-corrected chi connectivity index (χ3v) is 5.86. The Bertz CT molecular complexity index is 497. The van der Waals surface area contributed by atoms with Gasteiger partial charge in [-0.3, -0.25) is 0 Å². The van der Waals surface area contributed by atoms with Gasteiger partial charge in [-0.15, -0.1) is 0 Å². The first-order valence-corrected chi connectivity index (χ1v) is 9.02. The summed E-state index contributed by atoms with van der Waals surface area (Å²) in [5.74, 6) is 1.27. The maximum absolute atomic E-state index is 13.1. The topological polar surface area (TPSA) is 15.3 Å². The van der Waals surface area contributed by atoms with Crippen LogP contribution in [-0.2, 0) is 0 Å². The second-order valence-corrected chi connectivity index (χ2v) is 7.48. The van der Waals surface area contributed by atoms with Crippen LogP contribution in [0.15, 0.2) is 24.3 Å². The molecule has 1 heterocycles. The Morgan fingerprint density at radius 3 is 2.64 bits per heavy atom. The summed E-state index contributed by atoms with van der Waals surface area (Å²) in [4.78, 5) is 2.69. The van der Waals surface area contributed by atoms with Crippen LogP contribution in [0, 0.1) is 11.7 Å². The first-order chi connectivity index (χ1) is 10.8. The Balaban J connectivity index is 1.31. The molecule has 0 unspecified atom stereocenters. The second kappa shape index (κ2) is 6.29. The molecular weight excluding hydrogens is 275 g/mol. The predicted molar refractivity (Wildman–Crippen MR) is 87.5 cm³/mol. The van der Waals surface area contributed by atoms with Crippen LogP contribution in [0.4, 0.5) is 4.39 Å². The molecule has 0 amide bonds. The zero-order valence-corrected chi connectivity index (χ0v) is 13.3. The van der Waals surface area contributed by atoms with Crippen LogP contribution in [0.1, 0.15) is 50.0 Å². The highest BCUT2D eigenvalue weighted by atomic mass is 19.1. The average molecular weight is 302 g/mol. The summed E-state index contributed by atoms with van der Waals surface area (Å²) in [6, 6.07) is 8.67. The van der Waals surface area contributed by atoms with Crippen LogP contribution < -0.4 is 5.32 Å². The molecule has 1 aromatic carbocycles. The fourth-order valence-corrected chi connectivity index (χ4v) is 4.43. The third-order valence-electron chi connectivity index (χ3n) is 5.86. The van der Waals surface area contributed by atoms with Crippen LogP contribution in [0.25, 0.3) is 0 Å². The van der Waals surface area contributed by atoms with Crippen molar-refractivity contribution < 1.29 is 4.39 Å². The van der Waals surface area contributed by atoms with E-state index in [0.717, 1.165) is 18.5 Å². The van der Waals surface area contributed by atoms with Crippen molar-refractivity contribution in [1.82, 2.24) is 10.2 Å². The lowest BCUT2D eigenvalue weighted by Crippen LogP contribution is -2.36. The predicted octanol–water partition coefficient (Wildman–Crippen LogP) is 3.54. The molecule has 2 nitrogen and oxygen atoms in total. The van der Waals surface area contributed by atoms with Crippen LogP contribution in [0.2, 0.25) is 0 Å². The quantitative estimate of drug-likeness (QED) is 0.895. The van der Waals surface area contributed by atoms with Gasteiger partial charge in [0.05, 0.1) is 0 Å². The molecular formula is C19H27FN2. The third kappa shape index (κ3) is 3.21. The van der Waals surface area contributed by atoms with Gasteiger partial charge in [-0.25, -0.2) is 4.39 Å². The van der Waals surface area contributed by atoms with Crippen molar-refractivity contribution in [3.05, 3.63) is 35.6 Å². The zero-order valence-electron chi connectivity index (χ0n) is 13.3. The molecule has 4 rings (SSSR count). The fraction of sp³-hybridized carbons (Fsp3) is 0.684. The Labute approximate surface area is 133 Å². The largest absolute Gasteiger partial charge is 0.313 e. The monoisotopic (exact) mass is 302 g/mol. The molecule has 0 radical (unpaired) electrons. The maximum Gasteiger partial charge on any atom is 0.123 e. The number of nitrogens with one attached hydrogen (secondary N) is 1. The summed E-state index contributed by atoms with van der Waals surface area (Å²) in [7, 11) is 0. The molecule has 22 heavy (non-hydrogen) atoms. The molecule has 2 aliphatic carbocycles. The lowest BCUT2D eigenvalue weighted by Gasteiger charge is -2.23. The normalized spacial score (nSPS) is 32.7.